The highest BCUT2D eigenvalue weighted by Crippen LogP contribution is 2.39. The standard InChI is InChI=1S/C12H14FN3/c1-16-12-5-8(13)4-10(11(12)6-15-16)7-2-9(14)3-7/h4-7,9H,2-3,14H2,1H3. The van der Waals surface area contributed by atoms with Crippen LogP contribution >= 0.6 is 0 Å². The van der Waals surface area contributed by atoms with Gasteiger partial charge < -0.3 is 5.73 Å². The number of fused-ring (bicyclic) bond motifs is 1. The number of rotatable bonds is 1. The fourth-order valence-corrected chi connectivity index (χ4v) is 2.49. The Morgan fingerprint density at radius 2 is 2.19 bits per heavy atom. The van der Waals surface area contributed by atoms with Gasteiger partial charge >= 0.3 is 0 Å². The molecule has 0 unspecified atom stereocenters. The molecule has 1 saturated carbocycles. The molecule has 3 nitrogen and oxygen atoms in total. The van der Waals surface area contributed by atoms with Crippen molar-refractivity contribution in [1.29, 1.82) is 0 Å². The third-order valence-electron chi connectivity index (χ3n) is 3.48. The summed E-state index contributed by atoms with van der Waals surface area (Å²) < 4.78 is 15.2. The zero-order valence-electron chi connectivity index (χ0n) is 9.15. The number of halogens is 1. The van der Waals surface area contributed by atoms with Crippen LogP contribution < -0.4 is 5.73 Å². The second-order valence-corrected chi connectivity index (χ2v) is 4.62. The van der Waals surface area contributed by atoms with Crippen LogP contribution in [0.25, 0.3) is 10.9 Å². The van der Waals surface area contributed by atoms with E-state index >= 15 is 0 Å². The predicted molar refractivity (Wildman–Crippen MR) is 60.6 cm³/mol. The largest absolute Gasteiger partial charge is 0.328 e. The quantitative estimate of drug-likeness (QED) is 0.796. The molecule has 0 amide bonds. The Labute approximate surface area is 93.0 Å². The first-order valence-electron chi connectivity index (χ1n) is 5.52. The molecule has 1 aliphatic rings. The van der Waals surface area contributed by atoms with E-state index in [0.717, 1.165) is 29.3 Å². The Kier molecular flexibility index (Phi) is 2.01. The van der Waals surface area contributed by atoms with Crippen LogP contribution in [0.2, 0.25) is 0 Å². The number of hydrogen-bond acceptors (Lipinski definition) is 2. The van der Waals surface area contributed by atoms with Gasteiger partial charge in [0.2, 0.25) is 0 Å². The van der Waals surface area contributed by atoms with Crippen molar-refractivity contribution >= 4 is 10.9 Å². The molecule has 16 heavy (non-hydrogen) atoms. The number of nitrogens with zero attached hydrogens (tertiary/aromatic N) is 2. The molecule has 0 spiro atoms. The van der Waals surface area contributed by atoms with Crippen LogP contribution in [-0.4, -0.2) is 15.8 Å². The highest BCUT2D eigenvalue weighted by Gasteiger charge is 2.29. The zero-order valence-corrected chi connectivity index (χ0v) is 9.15. The average molecular weight is 219 g/mol. The lowest BCUT2D eigenvalue weighted by atomic mass is 9.75. The van der Waals surface area contributed by atoms with Gasteiger partial charge in [0, 0.05) is 18.5 Å². The van der Waals surface area contributed by atoms with E-state index in [0.29, 0.717) is 5.92 Å². The van der Waals surface area contributed by atoms with E-state index in [4.69, 9.17) is 5.73 Å². The Hall–Kier alpha value is -1.42. The van der Waals surface area contributed by atoms with Crippen LogP contribution in [0.3, 0.4) is 0 Å². The summed E-state index contributed by atoms with van der Waals surface area (Å²) in [5.74, 6) is 0.212. The molecule has 0 radical (unpaired) electrons. The number of hydrogen-bond donors (Lipinski definition) is 1. The van der Waals surface area contributed by atoms with Crippen molar-refractivity contribution in [2.75, 3.05) is 0 Å². The smallest absolute Gasteiger partial charge is 0.125 e. The van der Waals surface area contributed by atoms with Crippen LogP contribution in [0.1, 0.15) is 24.3 Å². The van der Waals surface area contributed by atoms with E-state index in [9.17, 15) is 4.39 Å². The van der Waals surface area contributed by atoms with Crippen molar-refractivity contribution in [2.24, 2.45) is 12.8 Å². The Morgan fingerprint density at radius 3 is 2.88 bits per heavy atom. The van der Waals surface area contributed by atoms with Crippen LogP contribution in [0, 0.1) is 5.82 Å². The molecule has 1 aromatic heterocycles. The van der Waals surface area contributed by atoms with Crippen molar-refractivity contribution in [2.45, 2.75) is 24.8 Å². The minimum Gasteiger partial charge on any atom is -0.328 e. The molecule has 3 rings (SSSR count). The van der Waals surface area contributed by atoms with Gasteiger partial charge in [0.1, 0.15) is 5.82 Å². The second kappa shape index (κ2) is 3.28. The first kappa shape index (κ1) is 9.78. The molecule has 2 aromatic rings. The molecule has 0 atom stereocenters. The van der Waals surface area contributed by atoms with Gasteiger partial charge in [-0.1, -0.05) is 0 Å². The Bertz CT molecular complexity index is 540. The molecule has 1 fully saturated rings. The maximum atomic E-state index is 13.5. The summed E-state index contributed by atoms with van der Waals surface area (Å²) >= 11 is 0. The van der Waals surface area contributed by atoms with Crippen LogP contribution in [0.4, 0.5) is 4.39 Å². The summed E-state index contributed by atoms with van der Waals surface area (Å²) in [4.78, 5) is 0. The average Bonchev–Trinajstić information content (AvgIpc) is 2.55. The molecule has 1 aromatic carbocycles. The predicted octanol–water partition coefficient (Wildman–Crippen LogP) is 1.92. The molecule has 0 saturated heterocycles. The summed E-state index contributed by atoms with van der Waals surface area (Å²) in [6.07, 6.45) is 3.72. The van der Waals surface area contributed by atoms with Crippen molar-refractivity contribution in [1.82, 2.24) is 9.78 Å². The van der Waals surface area contributed by atoms with Gasteiger partial charge in [-0.25, -0.2) is 4.39 Å². The molecular weight excluding hydrogens is 205 g/mol. The Balaban J connectivity index is 2.15. The highest BCUT2D eigenvalue weighted by atomic mass is 19.1. The number of aryl methyl sites for hydroxylation is 1. The molecule has 1 heterocycles. The van der Waals surface area contributed by atoms with Crippen molar-refractivity contribution in [3.05, 3.63) is 29.7 Å². The number of aromatic nitrogens is 2. The summed E-state index contributed by atoms with van der Waals surface area (Å²) in [6, 6.07) is 3.44. The topological polar surface area (TPSA) is 43.8 Å². The molecule has 84 valence electrons. The molecule has 0 aliphatic heterocycles. The lowest BCUT2D eigenvalue weighted by Crippen LogP contribution is -2.34. The minimum absolute atomic E-state index is 0.188. The van der Waals surface area contributed by atoms with Crippen LogP contribution in [-0.2, 0) is 7.05 Å². The van der Waals surface area contributed by atoms with Crippen LogP contribution in [0.15, 0.2) is 18.3 Å². The van der Waals surface area contributed by atoms with Crippen molar-refractivity contribution in [3.63, 3.8) is 0 Å². The van der Waals surface area contributed by atoms with Gasteiger partial charge in [-0.2, -0.15) is 5.10 Å². The van der Waals surface area contributed by atoms with Gasteiger partial charge in [0.15, 0.2) is 0 Å². The van der Waals surface area contributed by atoms with Gasteiger partial charge in [-0.3, -0.25) is 4.68 Å². The third kappa shape index (κ3) is 1.33. The van der Waals surface area contributed by atoms with E-state index in [-0.39, 0.29) is 11.9 Å². The molecular formula is C12H14FN3. The minimum atomic E-state index is -0.188. The summed E-state index contributed by atoms with van der Waals surface area (Å²) in [7, 11) is 1.83. The monoisotopic (exact) mass is 219 g/mol. The lowest BCUT2D eigenvalue weighted by molar-refractivity contribution is 0.352. The maximum Gasteiger partial charge on any atom is 0.125 e. The first-order chi connectivity index (χ1) is 7.65. The van der Waals surface area contributed by atoms with Gasteiger partial charge in [-0.05, 0) is 36.5 Å². The van der Waals surface area contributed by atoms with Gasteiger partial charge in [0.05, 0.1) is 11.7 Å². The Morgan fingerprint density at radius 1 is 1.44 bits per heavy atom. The van der Waals surface area contributed by atoms with Crippen molar-refractivity contribution in [3.8, 4) is 0 Å². The van der Waals surface area contributed by atoms with E-state index in [2.05, 4.69) is 5.10 Å². The van der Waals surface area contributed by atoms with Crippen LogP contribution in [0.5, 0.6) is 0 Å². The number of nitrogens with two attached hydrogens (primary N) is 1. The van der Waals surface area contributed by atoms with Crippen molar-refractivity contribution < 1.29 is 4.39 Å². The highest BCUT2D eigenvalue weighted by molar-refractivity contribution is 5.83. The lowest BCUT2D eigenvalue weighted by Gasteiger charge is -2.33. The fourth-order valence-electron chi connectivity index (χ4n) is 2.49. The zero-order chi connectivity index (χ0) is 11.3. The van der Waals surface area contributed by atoms with E-state index in [1.807, 2.05) is 13.2 Å². The second-order valence-electron chi connectivity index (χ2n) is 4.62. The summed E-state index contributed by atoms with van der Waals surface area (Å²) in [5.41, 5.74) is 7.70. The molecule has 2 N–H and O–H groups in total. The first-order valence-corrected chi connectivity index (χ1v) is 5.52. The normalized spacial score (nSPS) is 24.7. The van der Waals surface area contributed by atoms with Gasteiger partial charge in [-0.15, -0.1) is 0 Å². The molecule has 4 heteroatoms. The number of benzene rings is 1. The third-order valence-corrected chi connectivity index (χ3v) is 3.48. The summed E-state index contributed by atoms with van der Waals surface area (Å²) in [5, 5.41) is 5.23. The molecule has 1 aliphatic carbocycles. The SMILES string of the molecule is Cn1ncc2c(C3CC(N)C3)cc(F)cc21. The fraction of sp³-hybridized carbons (Fsp3) is 0.417. The van der Waals surface area contributed by atoms with Gasteiger partial charge in [0.25, 0.3) is 0 Å². The maximum absolute atomic E-state index is 13.5. The molecule has 0 bridgehead atoms. The van der Waals surface area contributed by atoms with E-state index < -0.39 is 0 Å². The van der Waals surface area contributed by atoms with E-state index in [1.165, 1.54) is 6.07 Å². The van der Waals surface area contributed by atoms with E-state index in [1.54, 1.807) is 10.7 Å². The summed E-state index contributed by atoms with van der Waals surface area (Å²) in [6.45, 7) is 0.